The number of nitrogens with one attached hydrogen (secondary N) is 1. The van der Waals surface area contributed by atoms with Gasteiger partial charge in [0.1, 0.15) is 12.1 Å². The van der Waals surface area contributed by atoms with Crippen molar-refractivity contribution in [2.75, 3.05) is 44.2 Å². The summed E-state index contributed by atoms with van der Waals surface area (Å²) in [4.78, 5) is 29.6. The van der Waals surface area contributed by atoms with Crippen LogP contribution in [0.25, 0.3) is 22.4 Å². The maximum atomic E-state index is 15.2. The molecule has 0 bridgehead atoms. The molecule has 0 unspecified atom stereocenters. The quantitative estimate of drug-likeness (QED) is 0.576. The molecule has 9 nitrogen and oxygen atoms in total. The zero-order valence-electron chi connectivity index (χ0n) is 20.0. The lowest BCUT2D eigenvalue weighted by molar-refractivity contribution is 0.0659. The number of hydrogen-bond acceptors (Lipinski definition) is 7. The van der Waals surface area contributed by atoms with Crippen molar-refractivity contribution in [1.82, 2.24) is 24.8 Å². The summed E-state index contributed by atoms with van der Waals surface area (Å²) in [5, 5.41) is 0. The highest BCUT2D eigenvalue weighted by molar-refractivity contribution is 7.92. The van der Waals surface area contributed by atoms with Crippen LogP contribution in [0.15, 0.2) is 36.8 Å². The van der Waals surface area contributed by atoms with Crippen molar-refractivity contribution in [2.45, 2.75) is 13.8 Å². The van der Waals surface area contributed by atoms with E-state index < -0.39 is 15.8 Å². The molecule has 3 heterocycles. The van der Waals surface area contributed by atoms with Crippen LogP contribution in [0.3, 0.4) is 0 Å². The highest BCUT2D eigenvalue weighted by atomic mass is 32.2. The third kappa shape index (κ3) is 5.46. The van der Waals surface area contributed by atoms with Gasteiger partial charge in [0.05, 0.1) is 28.9 Å². The maximum absolute atomic E-state index is 15.2. The van der Waals surface area contributed by atoms with Gasteiger partial charge in [-0.1, -0.05) is 6.07 Å². The van der Waals surface area contributed by atoms with Crippen molar-refractivity contribution in [3.05, 3.63) is 59.6 Å². The Morgan fingerprint density at radius 3 is 2.37 bits per heavy atom. The molecular weight excluding hydrogens is 471 g/mol. The fraction of sp³-hybridized carbons (Fsp3) is 0.333. The van der Waals surface area contributed by atoms with Crippen LogP contribution in [0.5, 0.6) is 0 Å². The Labute approximate surface area is 204 Å². The van der Waals surface area contributed by atoms with Gasteiger partial charge in [0, 0.05) is 54.8 Å². The highest BCUT2D eigenvalue weighted by Gasteiger charge is 2.24. The van der Waals surface area contributed by atoms with Gasteiger partial charge in [0.2, 0.25) is 10.0 Å². The lowest BCUT2D eigenvalue weighted by atomic mass is 9.97. The molecule has 1 saturated heterocycles. The fourth-order valence-electron chi connectivity index (χ4n) is 4.03. The van der Waals surface area contributed by atoms with E-state index in [9.17, 15) is 13.2 Å². The first-order chi connectivity index (χ1) is 16.5. The van der Waals surface area contributed by atoms with E-state index in [2.05, 4.69) is 24.6 Å². The number of aromatic nitrogens is 3. The van der Waals surface area contributed by atoms with Gasteiger partial charge in [-0.3, -0.25) is 14.5 Å². The van der Waals surface area contributed by atoms with Crippen LogP contribution in [0.4, 0.5) is 10.1 Å². The number of rotatable bonds is 5. The van der Waals surface area contributed by atoms with Gasteiger partial charge in [-0.15, -0.1) is 0 Å². The number of pyridine rings is 1. The zero-order chi connectivity index (χ0) is 25.3. The van der Waals surface area contributed by atoms with Gasteiger partial charge in [-0.25, -0.2) is 22.8 Å². The summed E-state index contributed by atoms with van der Waals surface area (Å²) in [6, 6.07) is 6.09. The number of piperazine rings is 1. The number of benzene rings is 1. The van der Waals surface area contributed by atoms with Gasteiger partial charge in [-0.2, -0.15) is 0 Å². The Morgan fingerprint density at radius 1 is 1.00 bits per heavy atom. The highest BCUT2D eigenvalue weighted by Crippen LogP contribution is 2.34. The summed E-state index contributed by atoms with van der Waals surface area (Å²) in [5.41, 5.74) is 3.56. The van der Waals surface area contributed by atoms with E-state index in [1.807, 2.05) is 7.05 Å². The molecule has 35 heavy (non-hydrogen) atoms. The van der Waals surface area contributed by atoms with Gasteiger partial charge < -0.3 is 9.80 Å². The Bertz CT molecular complexity index is 1390. The predicted octanol–water partition coefficient (Wildman–Crippen LogP) is 2.72. The number of sulfonamides is 1. The summed E-state index contributed by atoms with van der Waals surface area (Å²) in [6.07, 6.45) is 4.04. The third-order valence-electron chi connectivity index (χ3n) is 5.97. The maximum Gasteiger partial charge on any atom is 0.256 e. The van der Waals surface area contributed by atoms with Crippen molar-refractivity contribution in [2.24, 2.45) is 0 Å². The Hall–Kier alpha value is -3.44. The van der Waals surface area contributed by atoms with Crippen molar-refractivity contribution in [3.8, 4) is 22.4 Å². The second-order valence-electron chi connectivity index (χ2n) is 8.70. The smallest absolute Gasteiger partial charge is 0.256 e. The summed E-state index contributed by atoms with van der Waals surface area (Å²) in [6.45, 7) is 6.07. The summed E-state index contributed by atoms with van der Waals surface area (Å²) in [5.74, 6) is -0.962. The molecule has 1 fully saturated rings. The average molecular weight is 499 g/mol. The Balaban J connectivity index is 1.72. The van der Waals surface area contributed by atoms with Crippen molar-refractivity contribution < 1.29 is 17.6 Å². The van der Waals surface area contributed by atoms with E-state index in [0.29, 0.717) is 52.5 Å². The predicted molar refractivity (Wildman–Crippen MR) is 132 cm³/mol. The minimum Gasteiger partial charge on any atom is -0.336 e. The lowest BCUT2D eigenvalue weighted by Gasteiger charge is -2.32. The molecule has 1 aliphatic rings. The molecule has 2 aromatic heterocycles. The second-order valence-corrected chi connectivity index (χ2v) is 10.5. The van der Waals surface area contributed by atoms with Crippen molar-refractivity contribution in [3.63, 3.8) is 0 Å². The molecular formula is C24H27FN6O3S. The fourth-order valence-corrected chi connectivity index (χ4v) is 4.63. The van der Waals surface area contributed by atoms with Crippen LogP contribution in [0, 0.1) is 19.7 Å². The summed E-state index contributed by atoms with van der Waals surface area (Å²) in [7, 11) is -1.52. The number of halogens is 1. The molecule has 0 saturated carbocycles. The minimum absolute atomic E-state index is 0.0160. The van der Waals surface area contributed by atoms with E-state index in [0.717, 1.165) is 19.3 Å². The van der Waals surface area contributed by atoms with Crippen molar-refractivity contribution in [1.29, 1.82) is 0 Å². The van der Waals surface area contributed by atoms with Gasteiger partial charge >= 0.3 is 0 Å². The van der Waals surface area contributed by atoms with E-state index in [4.69, 9.17) is 0 Å². The van der Waals surface area contributed by atoms with Crippen LogP contribution < -0.4 is 4.72 Å². The monoisotopic (exact) mass is 498 g/mol. The molecule has 4 rings (SSSR count). The van der Waals surface area contributed by atoms with Crippen LogP contribution in [0.1, 0.15) is 21.7 Å². The SMILES string of the molecule is Cc1ncc(-c2c(C)ncnc2-c2ccc(C(=O)N3CCN(C)CC3)c(F)c2)cc1NS(C)(=O)=O. The van der Waals surface area contributed by atoms with Crippen LogP contribution in [0.2, 0.25) is 0 Å². The molecule has 184 valence electrons. The normalized spacial score (nSPS) is 14.7. The molecule has 0 spiro atoms. The first-order valence-electron chi connectivity index (χ1n) is 11.1. The molecule has 0 aliphatic carbocycles. The minimum atomic E-state index is -3.51. The van der Waals surface area contributed by atoms with Gasteiger partial charge in [0.25, 0.3) is 5.91 Å². The number of carbonyl (C=O) groups excluding carboxylic acids is 1. The average Bonchev–Trinajstić information content (AvgIpc) is 2.79. The Kier molecular flexibility index (Phi) is 6.82. The molecule has 1 aromatic carbocycles. The number of likely N-dealkylation sites (N-methyl/N-ethyl adjacent to an activating group) is 1. The molecule has 3 aromatic rings. The van der Waals surface area contributed by atoms with Crippen LogP contribution in [-0.4, -0.2) is 78.6 Å². The number of aryl methyl sites for hydroxylation is 2. The molecule has 1 aliphatic heterocycles. The third-order valence-corrected chi connectivity index (χ3v) is 6.56. The molecule has 0 atom stereocenters. The lowest BCUT2D eigenvalue weighted by Crippen LogP contribution is -2.47. The summed E-state index contributed by atoms with van der Waals surface area (Å²) >= 11 is 0. The summed E-state index contributed by atoms with van der Waals surface area (Å²) < 4.78 is 41.2. The Morgan fingerprint density at radius 2 is 1.71 bits per heavy atom. The van der Waals surface area contributed by atoms with Crippen molar-refractivity contribution >= 4 is 21.6 Å². The van der Waals surface area contributed by atoms with E-state index in [1.54, 1.807) is 37.1 Å². The zero-order valence-corrected chi connectivity index (χ0v) is 20.9. The number of amides is 1. The molecule has 0 radical (unpaired) electrons. The van der Waals surface area contributed by atoms with E-state index in [1.165, 1.54) is 18.5 Å². The standard InChI is InChI=1S/C24H27FN6O3S/c1-15-21(29-35(4,33)34)12-18(13-26-15)22-16(2)27-14-28-23(22)17-5-6-19(20(25)11-17)24(32)31-9-7-30(3)8-10-31/h5-6,11-14,29H,7-10H2,1-4H3. The number of anilines is 1. The topological polar surface area (TPSA) is 108 Å². The van der Waals surface area contributed by atoms with E-state index in [-0.39, 0.29) is 11.5 Å². The van der Waals surface area contributed by atoms with Crippen LogP contribution in [-0.2, 0) is 10.0 Å². The number of hydrogen-bond donors (Lipinski definition) is 1. The molecule has 11 heteroatoms. The number of carbonyl (C=O) groups is 1. The number of nitrogens with zero attached hydrogens (tertiary/aromatic N) is 5. The first-order valence-corrected chi connectivity index (χ1v) is 13.0. The molecule has 1 amide bonds. The van der Waals surface area contributed by atoms with Gasteiger partial charge in [0.15, 0.2) is 0 Å². The second kappa shape index (κ2) is 9.67. The van der Waals surface area contributed by atoms with Gasteiger partial charge in [-0.05, 0) is 39.1 Å². The largest absolute Gasteiger partial charge is 0.336 e. The van der Waals surface area contributed by atoms with Crippen LogP contribution >= 0.6 is 0 Å². The van der Waals surface area contributed by atoms with E-state index >= 15 is 4.39 Å². The molecule has 1 N–H and O–H groups in total. The first kappa shape index (κ1) is 24.7.